The van der Waals surface area contributed by atoms with E-state index in [9.17, 15) is 0 Å². The zero-order valence-corrected chi connectivity index (χ0v) is 37.9. The smallest absolute Gasteiger partial charge is 0.417 e. The van der Waals surface area contributed by atoms with Crippen molar-refractivity contribution in [3.05, 3.63) is 57.6 Å². The van der Waals surface area contributed by atoms with Crippen LogP contribution in [0.15, 0.2) is 24.3 Å². The lowest BCUT2D eigenvalue weighted by Gasteiger charge is -2.32. The predicted octanol–water partition coefficient (Wildman–Crippen LogP) is 16.2. The highest BCUT2D eigenvalue weighted by molar-refractivity contribution is 7.42. The van der Waals surface area contributed by atoms with Crippen molar-refractivity contribution < 1.29 is 13.6 Å². The predicted molar refractivity (Wildman–Crippen MR) is 231 cm³/mol. The Morgan fingerprint density at radius 1 is 0.423 bits per heavy atom. The van der Waals surface area contributed by atoms with Crippen LogP contribution in [0.1, 0.15) is 227 Å². The van der Waals surface area contributed by atoms with Crippen LogP contribution >= 0.6 is 8.60 Å². The van der Waals surface area contributed by atoms with E-state index >= 15 is 0 Å². The van der Waals surface area contributed by atoms with Gasteiger partial charge in [-0.3, -0.25) is 4.52 Å². The van der Waals surface area contributed by atoms with Crippen molar-refractivity contribution in [1.29, 1.82) is 0 Å². The van der Waals surface area contributed by atoms with Crippen molar-refractivity contribution in [2.24, 2.45) is 0 Å². The SMILES string of the molecule is CCCCCCCCCc1cc(C(C)(C)C)cc(C(C)(C)C)c1OP(OCC)Oc1c(CCCCCCCCC)cc(C(C)(C)C)cc1C(C)(C)C. The molecule has 0 spiro atoms. The minimum Gasteiger partial charge on any atom is -0.417 e. The third-order valence-corrected chi connectivity index (χ3v) is 11.5. The molecule has 52 heavy (non-hydrogen) atoms. The average Bonchev–Trinajstić information content (AvgIpc) is 3.02. The number of hydrogen-bond donors (Lipinski definition) is 0. The number of rotatable bonds is 22. The fraction of sp³-hybridized carbons (Fsp3) is 0.750. The molecule has 0 bridgehead atoms. The fourth-order valence-electron chi connectivity index (χ4n) is 6.82. The molecule has 3 nitrogen and oxygen atoms in total. The van der Waals surface area contributed by atoms with Crippen LogP contribution in [0.5, 0.6) is 11.5 Å². The second kappa shape index (κ2) is 21.5. The number of unbranched alkanes of at least 4 members (excludes halogenated alkanes) is 12. The van der Waals surface area contributed by atoms with Gasteiger partial charge in [-0.05, 0) is 76.5 Å². The maximum Gasteiger partial charge on any atom is 0.463 e. The molecule has 0 saturated heterocycles. The summed E-state index contributed by atoms with van der Waals surface area (Å²) in [5.41, 5.74) is 7.69. The Labute approximate surface area is 325 Å². The molecule has 0 aliphatic carbocycles. The number of benzene rings is 2. The largest absolute Gasteiger partial charge is 0.463 e. The Bertz CT molecular complexity index is 1220. The van der Waals surface area contributed by atoms with Gasteiger partial charge in [0.1, 0.15) is 11.5 Å². The van der Waals surface area contributed by atoms with E-state index in [0.717, 1.165) is 37.2 Å². The van der Waals surface area contributed by atoms with Gasteiger partial charge in [0.05, 0.1) is 6.61 Å². The number of aryl methyl sites for hydroxylation is 2. The van der Waals surface area contributed by atoms with E-state index in [2.05, 4.69) is 128 Å². The summed E-state index contributed by atoms with van der Waals surface area (Å²) in [6.07, 6.45) is 20.1. The lowest BCUT2D eigenvalue weighted by Crippen LogP contribution is -2.20. The van der Waals surface area contributed by atoms with Gasteiger partial charge < -0.3 is 9.05 Å². The first-order chi connectivity index (χ1) is 24.2. The van der Waals surface area contributed by atoms with E-state index in [1.807, 2.05) is 0 Å². The van der Waals surface area contributed by atoms with Gasteiger partial charge >= 0.3 is 8.60 Å². The third-order valence-electron chi connectivity index (χ3n) is 10.3. The van der Waals surface area contributed by atoms with Crippen molar-refractivity contribution in [3.8, 4) is 11.5 Å². The summed E-state index contributed by atoms with van der Waals surface area (Å²) in [6, 6.07) is 9.64. The Morgan fingerprint density at radius 2 is 0.750 bits per heavy atom. The van der Waals surface area contributed by atoms with Gasteiger partial charge in [-0.2, -0.15) is 0 Å². The van der Waals surface area contributed by atoms with Crippen LogP contribution in [0, 0.1) is 0 Å². The Balaban J connectivity index is 2.63. The molecule has 0 N–H and O–H groups in total. The maximum atomic E-state index is 7.15. The Hall–Kier alpha value is -1.57. The van der Waals surface area contributed by atoms with Gasteiger partial charge in [0.2, 0.25) is 0 Å². The molecule has 0 unspecified atom stereocenters. The number of hydrogen-bond acceptors (Lipinski definition) is 3. The Morgan fingerprint density at radius 3 is 1.04 bits per heavy atom. The van der Waals surface area contributed by atoms with Crippen LogP contribution in [0.4, 0.5) is 0 Å². The molecule has 2 rings (SSSR count). The monoisotopic (exact) mass is 739 g/mol. The molecule has 0 aliphatic rings. The first-order valence-electron chi connectivity index (χ1n) is 21.4. The standard InChI is InChI=1S/C48H83O3P/c1-16-19-21-23-25-27-29-31-37-33-39(45(4,5)6)35-41(47(10,11)12)43(37)50-52(49-18-3)51-44-38(32-30-28-26-24-22-20-17-2)34-40(46(7,8)9)36-42(44)48(13,14)15/h33-36H,16-32H2,1-15H3. The maximum absolute atomic E-state index is 7.15. The van der Waals surface area contributed by atoms with Crippen molar-refractivity contribution in [1.82, 2.24) is 0 Å². The first kappa shape index (κ1) is 46.6. The van der Waals surface area contributed by atoms with Crippen molar-refractivity contribution in [2.45, 2.75) is 228 Å². The molecule has 0 saturated carbocycles. The molecule has 4 heteroatoms. The molecule has 0 fully saturated rings. The minimum atomic E-state index is -1.71. The summed E-state index contributed by atoms with van der Waals surface area (Å²) in [7, 11) is -1.71. The lowest BCUT2D eigenvalue weighted by atomic mass is 9.78. The fourth-order valence-corrected chi connectivity index (χ4v) is 7.90. The van der Waals surface area contributed by atoms with Gasteiger partial charge in [0.15, 0.2) is 0 Å². The molecular formula is C48H83O3P. The second-order valence-corrected chi connectivity index (χ2v) is 20.7. The van der Waals surface area contributed by atoms with Crippen LogP contribution in [0.25, 0.3) is 0 Å². The summed E-state index contributed by atoms with van der Waals surface area (Å²) >= 11 is 0. The van der Waals surface area contributed by atoms with Crippen LogP contribution in [-0.4, -0.2) is 6.61 Å². The summed E-state index contributed by atoms with van der Waals surface area (Å²) < 4.78 is 20.8. The lowest BCUT2D eigenvalue weighted by molar-refractivity contribution is 0.275. The van der Waals surface area contributed by atoms with Crippen LogP contribution in [0.3, 0.4) is 0 Å². The summed E-state index contributed by atoms with van der Waals surface area (Å²) in [5, 5.41) is 0. The van der Waals surface area contributed by atoms with Gasteiger partial charge in [-0.1, -0.05) is 198 Å². The second-order valence-electron chi connectivity index (χ2n) is 19.6. The zero-order valence-electron chi connectivity index (χ0n) is 37.0. The summed E-state index contributed by atoms with van der Waals surface area (Å²) in [4.78, 5) is 0. The molecule has 298 valence electrons. The molecule has 0 aliphatic heterocycles. The highest BCUT2D eigenvalue weighted by atomic mass is 31.2. The van der Waals surface area contributed by atoms with E-state index in [0.29, 0.717) is 6.61 Å². The van der Waals surface area contributed by atoms with Gasteiger partial charge in [0, 0.05) is 11.1 Å². The quantitative estimate of drug-likeness (QED) is 0.0889. The van der Waals surface area contributed by atoms with Crippen LogP contribution in [0.2, 0.25) is 0 Å². The van der Waals surface area contributed by atoms with Crippen molar-refractivity contribution >= 4 is 8.60 Å². The van der Waals surface area contributed by atoms with E-state index in [4.69, 9.17) is 13.6 Å². The zero-order chi connectivity index (χ0) is 39.2. The van der Waals surface area contributed by atoms with Gasteiger partial charge in [-0.15, -0.1) is 0 Å². The van der Waals surface area contributed by atoms with Crippen LogP contribution < -0.4 is 9.05 Å². The molecule has 0 radical (unpaired) electrons. The van der Waals surface area contributed by atoms with Gasteiger partial charge in [-0.25, -0.2) is 0 Å². The van der Waals surface area contributed by atoms with E-state index in [-0.39, 0.29) is 21.7 Å². The molecule has 0 aromatic heterocycles. The van der Waals surface area contributed by atoms with Crippen molar-refractivity contribution in [3.63, 3.8) is 0 Å². The minimum absolute atomic E-state index is 0.0376. The van der Waals surface area contributed by atoms with Crippen molar-refractivity contribution in [2.75, 3.05) is 6.61 Å². The van der Waals surface area contributed by atoms with Gasteiger partial charge in [0.25, 0.3) is 0 Å². The molecular weight excluding hydrogens is 655 g/mol. The highest BCUT2D eigenvalue weighted by Gasteiger charge is 2.32. The Kier molecular flexibility index (Phi) is 19.3. The normalized spacial score (nSPS) is 12.9. The van der Waals surface area contributed by atoms with E-state index in [1.54, 1.807) is 0 Å². The topological polar surface area (TPSA) is 27.7 Å². The molecule has 2 aromatic rings. The summed E-state index contributed by atoms with van der Waals surface area (Å²) in [5.74, 6) is 1.95. The molecule has 0 heterocycles. The average molecular weight is 739 g/mol. The first-order valence-corrected chi connectivity index (χ1v) is 22.5. The molecule has 2 aromatic carbocycles. The molecule has 0 atom stereocenters. The van der Waals surface area contributed by atoms with E-state index < -0.39 is 8.60 Å². The third kappa shape index (κ3) is 15.7. The van der Waals surface area contributed by atoms with Crippen LogP contribution in [-0.2, 0) is 39.0 Å². The highest BCUT2D eigenvalue weighted by Crippen LogP contribution is 2.51. The summed E-state index contributed by atoms with van der Waals surface area (Å²) in [6.45, 7) is 35.0. The molecule has 0 amide bonds. The van der Waals surface area contributed by atoms with E-state index in [1.165, 1.54) is 110 Å².